The molecule has 1 aromatic carbocycles. The maximum Gasteiger partial charge on any atom is 0.490 e. The highest BCUT2D eigenvalue weighted by Gasteiger charge is 2.38. The maximum atomic E-state index is 14.7. The molecule has 0 radical (unpaired) electrons. The Kier molecular flexibility index (Phi) is 7.67. The van der Waals surface area contributed by atoms with E-state index in [1.807, 2.05) is 0 Å². The first-order valence-electron chi connectivity index (χ1n) is 9.66. The molecule has 10 nitrogen and oxygen atoms in total. The highest BCUT2D eigenvalue weighted by Crippen LogP contribution is 2.36. The number of halogens is 6. The average molecular weight is 519 g/mol. The van der Waals surface area contributed by atoms with Gasteiger partial charge in [0.1, 0.15) is 6.33 Å². The topological polar surface area (TPSA) is 134 Å². The van der Waals surface area contributed by atoms with Crippen molar-refractivity contribution in [3.63, 3.8) is 0 Å². The summed E-state index contributed by atoms with van der Waals surface area (Å²) in [6.45, 7) is -0.815. The van der Waals surface area contributed by atoms with Gasteiger partial charge in [-0.15, -0.1) is 0 Å². The fourth-order valence-electron chi connectivity index (χ4n) is 2.82. The van der Waals surface area contributed by atoms with Crippen molar-refractivity contribution in [2.24, 2.45) is 5.73 Å². The molecule has 36 heavy (non-hydrogen) atoms. The van der Waals surface area contributed by atoms with E-state index < -0.39 is 48.4 Å². The van der Waals surface area contributed by atoms with Crippen molar-refractivity contribution in [2.75, 3.05) is 13.3 Å². The summed E-state index contributed by atoms with van der Waals surface area (Å²) in [5.74, 6) is -2.72. The van der Waals surface area contributed by atoms with Gasteiger partial charge in [-0.3, -0.25) is 0 Å². The molecule has 0 aliphatic carbocycles. The molecule has 0 spiro atoms. The molecule has 3 aromatic rings. The smallest absolute Gasteiger partial charge is 0.475 e. The van der Waals surface area contributed by atoms with Gasteiger partial charge in [0.25, 0.3) is 6.08 Å². The number of pyridine rings is 1. The van der Waals surface area contributed by atoms with E-state index in [4.69, 9.17) is 25.1 Å². The molecule has 1 aliphatic heterocycles. The van der Waals surface area contributed by atoms with Crippen LogP contribution in [0.1, 0.15) is 0 Å². The number of nitrogens with two attached hydrogens (primary N) is 1. The number of aliphatic carboxylic acids is 1. The normalized spacial score (nSPS) is 12.1. The van der Waals surface area contributed by atoms with Gasteiger partial charge in [-0.1, -0.05) is 6.07 Å². The first-order chi connectivity index (χ1) is 16.9. The zero-order valence-electron chi connectivity index (χ0n) is 17.8. The van der Waals surface area contributed by atoms with Gasteiger partial charge in [-0.25, -0.2) is 28.2 Å². The van der Waals surface area contributed by atoms with Crippen LogP contribution in [0.5, 0.6) is 11.5 Å². The van der Waals surface area contributed by atoms with Gasteiger partial charge in [0.2, 0.25) is 6.79 Å². The predicted molar refractivity (Wildman–Crippen MR) is 109 cm³/mol. The zero-order valence-corrected chi connectivity index (χ0v) is 17.8. The lowest BCUT2D eigenvalue weighted by molar-refractivity contribution is -0.192. The van der Waals surface area contributed by atoms with Crippen LogP contribution in [0.15, 0.2) is 53.2 Å². The second-order valence-electron chi connectivity index (χ2n) is 6.91. The molecule has 1 aliphatic rings. The Morgan fingerprint density at radius 3 is 2.39 bits per heavy atom. The Balaban J connectivity index is 0.000000454. The van der Waals surface area contributed by atoms with Crippen molar-refractivity contribution in [1.29, 1.82) is 0 Å². The van der Waals surface area contributed by atoms with Crippen LogP contribution in [0.2, 0.25) is 0 Å². The summed E-state index contributed by atoms with van der Waals surface area (Å²) in [6, 6.07) is 6.32. The summed E-state index contributed by atoms with van der Waals surface area (Å²) in [5.41, 5.74) is 5.08. The number of rotatable bonds is 5. The number of ether oxygens (including phenoxy) is 2. The summed E-state index contributed by atoms with van der Waals surface area (Å²) in [4.78, 5) is 25.3. The van der Waals surface area contributed by atoms with Crippen molar-refractivity contribution in [3.05, 3.63) is 64.7 Å². The molecule has 192 valence electrons. The molecule has 3 heterocycles. The number of aromatic nitrogens is 4. The van der Waals surface area contributed by atoms with Crippen LogP contribution in [-0.4, -0.2) is 49.9 Å². The quantitative estimate of drug-likeness (QED) is 0.492. The van der Waals surface area contributed by atoms with Crippen molar-refractivity contribution in [1.82, 2.24) is 19.3 Å². The van der Waals surface area contributed by atoms with Crippen molar-refractivity contribution >= 4 is 5.97 Å². The lowest BCUT2D eigenvalue weighted by Gasteiger charge is -2.06. The van der Waals surface area contributed by atoms with Gasteiger partial charge < -0.3 is 20.3 Å². The molecule has 0 bridgehead atoms. The van der Waals surface area contributed by atoms with Crippen LogP contribution in [0.3, 0.4) is 0 Å². The molecular weight excluding hydrogens is 504 g/mol. The summed E-state index contributed by atoms with van der Waals surface area (Å²) >= 11 is 0. The molecule has 16 heteroatoms. The Hall–Kier alpha value is -4.34. The largest absolute Gasteiger partial charge is 0.490 e. The van der Waals surface area contributed by atoms with Gasteiger partial charge in [0.15, 0.2) is 23.1 Å². The number of fused-ring (bicyclic) bond motifs is 1. The third kappa shape index (κ3) is 5.83. The van der Waals surface area contributed by atoms with Crippen LogP contribution in [0, 0.1) is 5.82 Å². The minimum atomic E-state index is -5.08. The predicted octanol–water partition coefficient (Wildman–Crippen LogP) is 2.71. The first kappa shape index (κ1) is 26.3. The summed E-state index contributed by atoms with van der Waals surface area (Å²) < 4.78 is 84.1. The van der Waals surface area contributed by atoms with Crippen molar-refractivity contribution in [3.8, 4) is 28.4 Å². The van der Waals surface area contributed by atoms with Gasteiger partial charge >= 0.3 is 17.8 Å². The first-order valence-corrected chi connectivity index (χ1v) is 9.66. The number of benzene rings is 1. The second-order valence-corrected chi connectivity index (χ2v) is 6.91. The number of nitrogens with zero attached hydrogens (tertiary/aromatic N) is 4. The van der Waals surface area contributed by atoms with Crippen LogP contribution >= 0.6 is 0 Å². The number of alkyl halides is 3. The van der Waals surface area contributed by atoms with Crippen LogP contribution in [0.4, 0.5) is 26.3 Å². The molecule has 4 rings (SSSR count). The fraction of sp³-hybridized carbons (Fsp3) is 0.200. The molecule has 0 amide bonds. The number of hydrogen-bond donors (Lipinski definition) is 2. The van der Waals surface area contributed by atoms with Crippen molar-refractivity contribution in [2.45, 2.75) is 12.7 Å². The van der Waals surface area contributed by atoms with Gasteiger partial charge in [-0.2, -0.15) is 27.1 Å². The third-order valence-electron chi connectivity index (χ3n) is 4.59. The standard InChI is InChI=1S/C18H14F3N5O3.C2HF3O2/c19-13-3-11(10-1-2-14-15(4-10)29-9-28-14)6-23-17(13)25-8-24-26(18(25)27)7-12(5-22)16(20)21;3-2(4,5)1(6)7/h1-4,6,8H,5,7,9,22H2;(H,6,7). The molecule has 2 aromatic heterocycles. The Morgan fingerprint density at radius 2 is 1.81 bits per heavy atom. The van der Waals surface area contributed by atoms with Crippen LogP contribution in [0.25, 0.3) is 16.9 Å². The SMILES string of the molecule is NCC(Cn1ncn(-c2ncc(-c3ccc4c(c3)OCO4)cc2F)c1=O)=C(F)F.O=C(O)C(F)(F)F. The highest BCUT2D eigenvalue weighted by molar-refractivity contribution is 5.73. The molecule has 0 saturated carbocycles. The highest BCUT2D eigenvalue weighted by atomic mass is 19.4. The molecule has 0 atom stereocenters. The number of hydrogen-bond acceptors (Lipinski definition) is 7. The van der Waals surface area contributed by atoms with E-state index in [-0.39, 0.29) is 12.6 Å². The summed E-state index contributed by atoms with van der Waals surface area (Å²) in [7, 11) is 0. The number of carboxylic acid groups (broad SMARTS) is 1. The van der Waals surface area contributed by atoms with Gasteiger partial charge in [0, 0.05) is 23.9 Å². The monoisotopic (exact) mass is 519 g/mol. The van der Waals surface area contributed by atoms with Gasteiger partial charge in [0.05, 0.1) is 6.54 Å². The van der Waals surface area contributed by atoms with E-state index >= 15 is 0 Å². The van der Waals surface area contributed by atoms with E-state index in [2.05, 4.69) is 10.1 Å². The molecular formula is C20H15F6N5O5. The summed E-state index contributed by atoms with van der Waals surface area (Å²) in [5, 5.41) is 10.9. The third-order valence-corrected chi connectivity index (χ3v) is 4.59. The second kappa shape index (κ2) is 10.5. The fourth-order valence-corrected chi connectivity index (χ4v) is 2.82. The van der Waals surface area contributed by atoms with E-state index in [9.17, 15) is 31.1 Å². The van der Waals surface area contributed by atoms with E-state index in [0.29, 0.717) is 22.6 Å². The van der Waals surface area contributed by atoms with E-state index in [0.717, 1.165) is 15.6 Å². The lowest BCUT2D eigenvalue weighted by Crippen LogP contribution is -2.27. The van der Waals surface area contributed by atoms with Crippen LogP contribution < -0.4 is 20.9 Å². The Morgan fingerprint density at radius 1 is 1.14 bits per heavy atom. The minimum absolute atomic E-state index is 0.116. The Labute approximate surface area is 196 Å². The lowest BCUT2D eigenvalue weighted by atomic mass is 10.1. The number of carbonyl (C=O) groups is 1. The van der Waals surface area contributed by atoms with E-state index in [1.165, 1.54) is 12.3 Å². The molecule has 0 fully saturated rings. The summed E-state index contributed by atoms with van der Waals surface area (Å²) in [6.07, 6.45) is -4.67. The van der Waals surface area contributed by atoms with Crippen molar-refractivity contribution < 1.29 is 45.7 Å². The average Bonchev–Trinajstić information content (AvgIpc) is 3.43. The molecule has 0 saturated heterocycles. The number of carboxylic acids is 1. The zero-order chi connectivity index (χ0) is 26.6. The maximum absolute atomic E-state index is 14.7. The molecule has 0 unspecified atom stereocenters. The van der Waals surface area contributed by atoms with Gasteiger partial charge in [-0.05, 0) is 23.8 Å². The molecule has 3 N–H and O–H groups in total. The van der Waals surface area contributed by atoms with Crippen LogP contribution in [-0.2, 0) is 11.3 Å². The minimum Gasteiger partial charge on any atom is -0.475 e. The van der Waals surface area contributed by atoms with E-state index in [1.54, 1.807) is 18.2 Å². The Bertz CT molecular complexity index is 1360.